The summed E-state index contributed by atoms with van der Waals surface area (Å²) in [4.78, 5) is 14.4. The first kappa shape index (κ1) is 16.6. The van der Waals surface area contributed by atoms with E-state index in [1.165, 1.54) is 12.1 Å². The standard InChI is InChI=1S/C18H24FNO3/c19-16-5-3-14(4-6-16)17(22)2-1-8-20-10-15-7-9-23-13-18(15,11-20)12-21/h3-6,15,21H,1-2,7-13H2/t15-,18+/m0/s1. The summed E-state index contributed by atoms with van der Waals surface area (Å²) in [7, 11) is 0. The molecular weight excluding hydrogens is 297 g/mol. The number of hydrogen-bond acceptors (Lipinski definition) is 4. The summed E-state index contributed by atoms with van der Waals surface area (Å²) < 4.78 is 18.4. The van der Waals surface area contributed by atoms with Gasteiger partial charge in [-0.25, -0.2) is 4.39 Å². The zero-order valence-corrected chi connectivity index (χ0v) is 13.3. The smallest absolute Gasteiger partial charge is 0.162 e. The Morgan fingerprint density at radius 3 is 2.87 bits per heavy atom. The van der Waals surface area contributed by atoms with E-state index >= 15 is 0 Å². The number of benzene rings is 1. The van der Waals surface area contributed by atoms with Crippen LogP contribution in [0.25, 0.3) is 0 Å². The molecule has 5 heteroatoms. The van der Waals surface area contributed by atoms with Gasteiger partial charge in [-0.2, -0.15) is 0 Å². The minimum Gasteiger partial charge on any atom is -0.396 e. The van der Waals surface area contributed by atoms with Crippen molar-refractivity contribution in [3.63, 3.8) is 0 Å². The predicted octanol–water partition coefficient (Wildman–Crippen LogP) is 2.12. The van der Waals surface area contributed by atoms with Gasteiger partial charge < -0.3 is 14.7 Å². The third-order valence-corrected chi connectivity index (χ3v) is 5.24. The van der Waals surface area contributed by atoms with Crippen LogP contribution in [0, 0.1) is 17.2 Å². The summed E-state index contributed by atoms with van der Waals surface area (Å²) in [5, 5.41) is 9.76. The summed E-state index contributed by atoms with van der Waals surface area (Å²) in [5.74, 6) is 0.230. The lowest BCUT2D eigenvalue weighted by molar-refractivity contribution is -0.0560. The Bertz CT molecular complexity index is 548. The molecule has 2 fully saturated rings. The molecule has 2 aliphatic rings. The molecule has 23 heavy (non-hydrogen) atoms. The largest absolute Gasteiger partial charge is 0.396 e. The van der Waals surface area contributed by atoms with Gasteiger partial charge in [0.05, 0.1) is 13.2 Å². The van der Waals surface area contributed by atoms with Crippen LogP contribution in [0.15, 0.2) is 24.3 Å². The number of aliphatic hydroxyl groups is 1. The molecule has 3 rings (SSSR count). The molecule has 126 valence electrons. The van der Waals surface area contributed by atoms with Gasteiger partial charge in [0.2, 0.25) is 0 Å². The Kier molecular flexibility index (Phi) is 5.09. The first-order valence-electron chi connectivity index (χ1n) is 8.33. The molecule has 0 aliphatic carbocycles. The third-order valence-electron chi connectivity index (χ3n) is 5.24. The fourth-order valence-electron chi connectivity index (χ4n) is 3.84. The highest BCUT2D eigenvalue weighted by Gasteiger charge is 2.47. The van der Waals surface area contributed by atoms with Crippen molar-refractivity contribution in [2.45, 2.75) is 19.3 Å². The molecule has 0 amide bonds. The van der Waals surface area contributed by atoms with E-state index < -0.39 is 0 Å². The topological polar surface area (TPSA) is 49.8 Å². The fraction of sp³-hybridized carbons (Fsp3) is 0.611. The van der Waals surface area contributed by atoms with Crippen molar-refractivity contribution in [1.82, 2.24) is 4.90 Å². The monoisotopic (exact) mass is 321 g/mol. The van der Waals surface area contributed by atoms with Crippen molar-refractivity contribution in [2.24, 2.45) is 11.3 Å². The van der Waals surface area contributed by atoms with E-state index in [0.717, 1.165) is 39.1 Å². The maximum Gasteiger partial charge on any atom is 0.162 e. The van der Waals surface area contributed by atoms with Crippen molar-refractivity contribution in [2.75, 3.05) is 39.5 Å². The quantitative estimate of drug-likeness (QED) is 0.816. The number of carbonyl (C=O) groups is 1. The van der Waals surface area contributed by atoms with Crippen molar-refractivity contribution in [3.8, 4) is 0 Å². The van der Waals surface area contributed by atoms with E-state index in [2.05, 4.69) is 4.90 Å². The van der Waals surface area contributed by atoms with Crippen molar-refractivity contribution >= 4 is 5.78 Å². The van der Waals surface area contributed by atoms with Crippen LogP contribution >= 0.6 is 0 Å². The second-order valence-corrected chi connectivity index (χ2v) is 6.83. The van der Waals surface area contributed by atoms with E-state index in [9.17, 15) is 14.3 Å². The Balaban J connectivity index is 1.48. The Hall–Kier alpha value is -1.30. The van der Waals surface area contributed by atoms with E-state index in [4.69, 9.17) is 4.74 Å². The second kappa shape index (κ2) is 7.07. The van der Waals surface area contributed by atoms with Gasteiger partial charge in [-0.05, 0) is 49.6 Å². The molecule has 0 bridgehead atoms. The normalized spacial score (nSPS) is 27.8. The lowest BCUT2D eigenvalue weighted by Gasteiger charge is -2.36. The van der Waals surface area contributed by atoms with Gasteiger partial charge in [-0.1, -0.05) is 0 Å². The van der Waals surface area contributed by atoms with Crippen LogP contribution in [-0.4, -0.2) is 55.2 Å². The molecule has 2 aliphatic heterocycles. The summed E-state index contributed by atoms with van der Waals surface area (Å²) in [6, 6.07) is 5.73. The molecule has 0 radical (unpaired) electrons. The summed E-state index contributed by atoms with van der Waals surface area (Å²) in [5.41, 5.74) is 0.459. The number of nitrogens with zero attached hydrogens (tertiary/aromatic N) is 1. The Morgan fingerprint density at radius 2 is 2.17 bits per heavy atom. The SMILES string of the molecule is O=C(CCCN1C[C@@H]2CCOC[C@]2(CO)C1)c1ccc(F)cc1. The van der Waals surface area contributed by atoms with Crippen LogP contribution in [-0.2, 0) is 4.74 Å². The molecule has 1 aromatic rings. The minimum atomic E-state index is -0.322. The number of fused-ring (bicyclic) bond motifs is 1. The van der Waals surface area contributed by atoms with Crippen LogP contribution in [0.2, 0.25) is 0 Å². The van der Waals surface area contributed by atoms with E-state index in [1.807, 2.05) is 0 Å². The number of ketones is 1. The van der Waals surface area contributed by atoms with Gasteiger partial charge in [0.25, 0.3) is 0 Å². The Morgan fingerprint density at radius 1 is 1.39 bits per heavy atom. The maximum atomic E-state index is 12.9. The number of Topliss-reactive ketones (excluding diaryl/α,β-unsaturated/α-hetero) is 1. The fourth-order valence-corrected chi connectivity index (χ4v) is 3.84. The molecule has 2 heterocycles. The number of carbonyl (C=O) groups excluding carboxylic acids is 1. The van der Waals surface area contributed by atoms with E-state index in [1.54, 1.807) is 12.1 Å². The average Bonchev–Trinajstić information content (AvgIpc) is 2.94. The number of likely N-dealkylation sites (tertiary alicyclic amines) is 1. The van der Waals surface area contributed by atoms with Gasteiger partial charge >= 0.3 is 0 Å². The minimum absolute atomic E-state index is 0.0572. The molecule has 4 nitrogen and oxygen atoms in total. The number of hydrogen-bond donors (Lipinski definition) is 1. The first-order valence-corrected chi connectivity index (χ1v) is 8.33. The van der Waals surface area contributed by atoms with Crippen molar-refractivity contribution in [1.29, 1.82) is 0 Å². The maximum absolute atomic E-state index is 12.9. The molecule has 2 saturated heterocycles. The number of aliphatic hydroxyl groups excluding tert-OH is 1. The highest BCUT2D eigenvalue weighted by molar-refractivity contribution is 5.95. The van der Waals surface area contributed by atoms with Crippen LogP contribution in [0.4, 0.5) is 4.39 Å². The predicted molar refractivity (Wildman–Crippen MR) is 84.8 cm³/mol. The Labute approximate surface area is 136 Å². The van der Waals surface area contributed by atoms with Gasteiger partial charge in [0.1, 0.15) is 5.82 Å². The highest BCUT2D eigenvalue weighted by Crippen LogP contribution is 2.40. The highest BCUT2D eigenvalue weighted by atomic mass is 19.1. The molecule has 0 aromatic heterocycles. The summed E-state index contributed by atoms with van der Waals surface area (Å²) in [6.45, 7) is 4.27. The molecule has 0 saturated carbocycles. The molecule has 0 unspecified atom stereocenters. The second-order valence-electron chi connectivity index (χ2n) is 6.83. The van der Waals surface area contributed by atoms with Crippen molar-refractivity contribution < 1.29 is 19.0 Å². The van der Waals surface area contributed by atoms with Crippen LogP contribution in [0.3, 0.4) is 0 Å². The van der Waals surface area contributed by atoms with Crippen LogP contribution in [0.1, 0.15) is 29.6 Å². The molecule has 0 spiro atoms. The van der Waals surface area contributed by atoms with Gasteiger partial charge in [0, 0.05) is 37.1 Å². The molecule has 1 aromatic carbocycles. The van der Waals surface area contributed by atoms with Gasteiger partial charge in [-0.15, -0.1) is 0 Å². The first-order chi connectivity index (χ1) is 11.1. The zero-order valence-electron chi connectivity index (χ0n) is 13.3. The van der Waals surface area contributed by atoms with Gasteiger partial charge in [0.15, 0.2) is 5.78 Å². The van der Waals surface area contributed by atoms with Crippen molar-refractivity contribution in [3.05, 3.63) is 35.6 Å². The molecule has 2 atom stereocenters. The summed E-state index contributed by atoms with van der Waals surface area (Å²) in [6.07, 6.45) is 2.26. The lowest BCUT2D eigenvalue weighted by atomic mass is 9.76. The van der Waals surface area contributed by atoms with Crippen LogP contribution in [0.5, 0.6) is 0 Å². The number of halogens is 1. The zero-order chi connectivity index (χ0) is 16.3. The van der Waals surface area contributed by atoms with E-state index in [-0.39, 0.29) is 23.6 Å². The third kappa shape index (κ3) is 3.62. The summed E-state index contributed by atoms with van der Waals surface area (Å²) >= 11 is 0. The van der Waals surface area contributed by atoms with Gasteiger partial charge in [-0.3, -0.25) is 4.79 Å². The number of rotatable bonds is 6. The molecular formula is C18H24FNO3. The van der Waals surface area contributed by atoms with E-state index in [0.29, 0.717) is 24.5 Å². The number of ether oxygens (including phenoxy) is 1. The lowest BCUT2D eigenvalue weighted by Crippen LogP contribution is -2.43. The average molecular weight is 321 g/mol. The van der Waals surface area contributed by atoms with Crippen LogP contribution < -0.4 is 0 Å². The molecule has 1 N–H and O–H groups in total.